The summed E-state index contributed by atoms with van der Waals surface area (Å²) in [6.07, 6.45) is 0.157. The molecule has 0 radical (unpaired) electrons. The molecular formula is C19H22BrNO3. The van der Waals surface area contributed by atoms with Crippen LogP contribution in [0, 0.1) is 0 Å². The predicted molar refractivity (Wildman–Crippen MR) is 100 cm³/mol. The van der Waals surface area contributed by atoms with Gasteiger partial charge in [0, 0.05) is 17.3 Å². The minimum atomic E-state index is -0.187. The molecule has 2 rings (SSSR count). The summed E-state index contributed by atoms with van der Waals surface area (Å²) in [7, 11) is 0. The summed E-state index contributed by atoms with van der Waals surface area (Å²) >= 11 is 3.44. The van der Waals surface area contributed by atoms with Crippen molar-refractivity contribution in [1.82, 2.24) is 0 Å². The number of halogens is 1. The average molecular weight is 392 g/mol. The second kappa shape index (κ2) is 8.20. The van der Waals surface area contributed by atoms with Crippen LogP contribution in [0.4, 0.5) is 5.69 Å². The molecule has 5 heteroatoms. The Morgan fingerprint density at radius 2 is 1.71 bits per heavy atom. The van der Waals surface area contributed by atoms with E-state index in [2.05, 4.69) is 21.2 Å². The smallest absolute Gasteiger partial charge is 0.255 e. The number of carbonyl (C=O) groups excluding carboxylic acids is 1. The van der Waals surface area contributed by atoms with E-state index >= 15 is 0 Å². The molecule has 128 valence electrons. The maximum Gasteiger partial charge on any atom is 0.255 e. The number of hydrogen-bond acceptors (Lipinski definition) is 3. The van der Waals surface area contributed by atoms with Crippen molar-refractivity contribution >= 4 is 27.5 Å². The number of carbonyl (C=O) groups is 1. The maximum atomic E-state index is 12.4. The topological polar surface area (TPSA) is 47.6 Å². The molecule has 24 heavy (non-hydrogen) atoms. The van der Waals surface area contributed by atoms with Crippen molar-refractivity contribution < 1.29 is 14.3 Å². The Hall–Kier alpha value is -2.01. The van der Waals surface area contributed by atoms with Crippen LogP contribution >= 0.6 is 15.9 Å². The zero-order valence-electron chi connectivity index (χ0n) is 14.3. The van der Waals surface area contributed by atoms with Crippen molar-refractivity contribution in [3.05, 3.63) is 52.5 Å². The van der Waals surface area contributed by atoms with Crippen LogP contribution in [0.1, 0.15) is 38.1 Å². The van der Waals surface area contributed by atoms with Crippen molar-refractivity contribution in [1.29, 1.82) is 0 Å². The Labute approximate surface area is 151 Å². The molecule has 0 aliphatic carbocycles. The minimum Gasteiger partial charge on any atom is -0.491 e. The van der Waals surface area contributed by atoms with E-state index in [0.717, 1.165) is 10.2 Å². The number of benzene rings is 2. The van der Waals surface area contributed by atoms with E-state index in [-0.39, 0.29) is 18.1 Å². The highest BCUT2D eigenvalue weighted by atomic mass is 79.9. The first-order valence-electron chi connectivity index (χ1n) is 7.89. The highest BCUT2D eigenvalue weighted by molar-refractivity contribution is 9.10. The third-order valence-corrected chi connectivity index (χ3v) is 3.64. The maximum absolute atomic E-state index is 12.4. The number of ether oxygens (including phenoxy) is 2. The standard InChI is InChI=1S/C19H22BrNO3/c1-12(2)23-16-7-5-6-15(11-16)21-19(22)14-8-9-18(17(20)10-14)24-13(3)4/h5-13H,1-4H3,(H,21,22). The Morgan fingerprint density at radius 3 is 2.33 bits per heavy atom. The van der Waals surface area contributed by atoms with Gasteiger partial charge in [-0.2, -0.15) is 0 Å². The summed E-state index contributed by atoms with van der Waals surface area (Å²) in [5.41, 5.74) is 1.24. The summed E-state index contributed by atoms with van der Waals surface area (Å²) in [6, 6.07) is 12.6. The summed E-state index contributed by atoms with van der Waals surface area (Å²) in [5.74, 6) is 1.26. The van der Waals surface area contributed by atoms with Crippen molar-refractivity contribution in [2.45, 2.75) is 39.9 Å². The fraction of sp³-hybridized carbons (Fsp3) is 0.316. The van der Waals surface area contributed by atoms with Crippen molar-refractivity contribution in [2.75, 3.05) is 5.32 Å². The fourth-order valence-electron chi connectivity index (χ4n) is 2.11. The Kier molecular flexibility index (Phi) is 6.26. The van der Waals surface area contributed by atoms with Gasteiger partial charge in [0.05, 0.1) is 16.7 Å². The van der Waals surface area contributed by atoms with Gasteiger partial charge in [0.15, 0.2) is 0 Å². The van der Waals surface area contributed by atoms with Gasteiger partial charge in [0.2, 0.25) is 0 Å². The third kappa shape index (κ3) is 5.27. The lowest BCUT2D eigenvalue weighted by molar-refractivity contribution is 0.102. The zero-order chi connectivity index (χ0) is 17.7. The van der Waals surface area contributed by atoms with Crippen molar-refractivity contribution in [3.8, 4) is 11.5 Å². The Balaban J connectivity index is 2.11. The van der Waals surface area contributed by atoms with E-state index in [1.807, 2.05) is 52.0 Å². The van der Waals surface area contributed by atoms with E-state index in [0.29, 0.717) is 17.0 Å². The molecule has 0 spiro atoms. The molecular weight excluding hydrogens is 370 g/mol. The first-order chi connectivity index (χ1) is 11.3. The number of rotatable bonds is 6. The number of anilines is 1. The highest BCUT2D eigenvalue weighted by Gasteiger charge is 2.11. The molecule has 0 aliphatic rings. The molecule has 2 aromatic rings. The third-order valence-electron chi connectivity index (χ3n) is 3.02. The van der Waals surface area contributed by atoms with Crippen LogP contribution in [0.2, 0.25) is 0 Å². The SMILES string of the molecule is CC(C)Oc1cccc(NC(=O)c2ccc(OC(C)C)c(Br)c2)c1. The number of hydrogen-bond donors (Lipinski definition) is 1. The molecule has 0 atom stereocenters. The molecule has 0 bridgehead atoms. The molecule has 1 amide bonds. The second-order valence-electron chi connectivity index (χ2n) is 5.96. The van der Waals surface area contributed by atoms with Crippen LogP contribution in [0.15, 0.2) is 46.9 Å². The number of nitrogens with one attached hydrogen (secondary N) is 1. The van der Waals surface area contributed by atoms with Crippen LogP contribution < -0.4 is 14.8 Å². The van der Waals surface area contributed by atoms with Crippen molar-refractivity contribution in [3.63, 3.8) is 0 Å². The molecule has 0 fully saturated rings. The van der Waals surface area contributed by atoms with Crippen LogP contribution in [-0.2, 0) is 0 Å². The quantitative estimate of drug-likeness (QED) is 0.728. The van der Waals surface area contributed by atoms with Crippen LogP contribution in [0.3, 0.4) is 0 Å². The monoisotopic (exact) mass is 391 g/mol. The van der Waals surface area contributed by atoms with Gasteiger partial charge in [-0.1, -0.05) is 6.07 Å². The normalized spacial score (nSPS) is 10.8. The van der Waals surface area contributed by atoms with Gasteiger partial charge in [-0.25, -0.2) is 0 Å². The van der Waals surface area contributed by atoms with E-state index in [4.69, 9.17) is 9.47 Å². The molecule has 0 unspecified atom stereocenters. The summed E-state index contributed by atoms with van der Waals surface area (Å²) < 4.78 is 12.0. The van der Waals surface area contributed by atoms with Gasteiger partial charge in [0.25, 0.3) is 5.91 Å². The van der Waals surface area contributed by atoms with Crippen LogP contribution in [-0.4, -0.2) is 18.1 Å². The first kappa shape index (κ1) is 18.3. The molecule has 0 aliphatic heterocycles. The summed E-state index contributed by atoms with van der Waals surface area (Å²) in [4.78, 5) is 12.4. The van der Waals surface area contributed by atoms with E-state index in [1.54, 1.807) is 18.2 Å². The lowest BCUT2D eigenvalue weighted by atomic mass is 10.2. The van der Waals surface area contributed by atoms with Gasteiger partial charge in [-0.15, -0.1) is 0 Å². The predicted octanol–water partition coefficient (Wildman–Crippen LogP) is 5.28. The van der Waals surface area contributed by atoms with Gasteiger partial charge in [-0.05, 0) is 74.0 Å². The van der Waals surface area contributed by atoms with Crippen LogP contribution in [0.25, 0.3) is 0 Å². The van der Waals surface area contributed by atoms with E-state index in [1.165, 1.54) is 0 Å². The van der Waals surface area contributed by atoms with Crippen molar-refractivity contribution in [2.24, 2.45) is 0 Å². The molecule has 4 nitrogen and oxygen atoms in total. The lowest BCUT2D eigenvalue weighted by Crippen LogP contribution is -2.13. The van der Waals surface area contributed by atoms with Gasteiger partial charge >= 0.3 is 0 Å². The molecule has 0 saturated carbocycles. The van der Waals surface area contributed by atoms with Gasteiger partial charge in [-0.3, -0.25) is 4.79 Å². The molecule has 0 aromatic heterocycles. The average Bonchev–Trinajstić information content (AvgIpc) is 2.48. The fourth-order valence-corrected chi connectivity index (χ4v) is 2.59. The lowest BCUT2D eigenvalue weighted by Gasteiger charge is -2.13. The Bertz CT molecular complexity index is 714. The molecule has 1 N–H and O–H groups in total. The highest BCUT2D eigenvalue weighted by Crippen LogP contribution is 2.27. The number of amides is 1. The molecule has 0 heterocycles. The van der Waals surface area contributed by atoms with Crippen LogP contribution in [0.5, 0.6) is 11.5 Å². The molecule has 0 saturated heterocycles. The second-order valence-corrected chi connectivity index (χ2v) is 6.81. The molecule has 2 aromatic carbocycles. The largest absolute Gasteiger partial charge is 0.491 e. The van der Waals surface area contributed by atoms with E-state index < -0.39 is 0 Å². The summed E-state index contributed by atoms with van der Waals surface area (Å²) in [5, 5.41) is 2.88. The van der Waals surface area contributed by atoms with Gasteiger partial charge < -0.3 is 14.8 Å². The van der Waals surface area contributed by atoms with E-state index in [9.17, 15) is 4.79 Å². The summed E-state index contributed by atoms with van der Waals surface area (Å²) in [6.45, 7) is 7.84. The van der Waals surface area contributed by atoms with Gasteiger partial charge in [0.1, 0.15) is 11.5 Å². The Morgan fingerprint density at radius 1 is 1.00 bits per heavy atom. The first-order valence-corrected chi connectivity index (χ1v) is 8.68. The minimum absolute atomic E-state index is 0.0738. The zero-order valence-corrected chi connectivity index (χ0v) is 15.9.